The molecule has 0 aliphatic heterocycles. The van der Waals surface area contributed by atoms with E-state index in [1.54, 1.807) is 12.4 Å². The van der Waals surface area contributed by atoms with Gasteiger partial charge in [0.25, 0.3) is 0 Å². The molecule has 0 atom stereocenters. The van der Waals surface area contributed by atoms with E-state index >= 15 is 0 Å². The Kier molecular flexibility index (Phi) is 4.43. The summed E-state index contributed by atoms with van der Waals surface area (Å²) in [6.07, 6.45) is 5.00. The molecule has 6 nitrogen and oxygen atoms in total. The number of nitrogens with zero attached hydrogens (tertiary/aromatic N) is 3. The van der Waals surface area contributed by atoms with Crippen molar-refractivity contribution in [3.05, 3.63) is 36.9 Å². The molecule has 0 aliphatic carbocycles. The summed E-state index contributed by atoms with van der Waals surface area (Å²) in [6.45, 7) is 1.71. The molecule has 2 rings (SSSR count). The molecular formula is C12H16N6. The van der Waals surface area contributed by atoms with Crippen LogP contribution in [-0.2, 0) is 0 Å². The molecule has 0 saturated heterocycles. The SMILES string of the molecule is CNCCNc1cc(Nc2ccncc2)ncn1. The van der Waals surface area contributed by atoms with Crippen molar-refractivity contribution >= 4 is 17.3 Å². The first kappa shape index (κ1) is 12.3. The van der Waals surface area contributed by atoms with E-state index in [2.05, 4.69) is 30.9 Å². The molecule has 0 spiro atoms. The summed E-state index contributed by atoms with van der Waals surface area (Å²) < 4.78 is 0. The van der Waals surface area contributed by atoms with E-state index in [1.165, 1.54) is 6.33 Å². The number of aromatic nitrogens is 3. The van der Waals surface area contributed by atoms with Gasteiger partial charge in [0, 0.05) is 37.2 Å². The van der Waals surface area contributed by atoms with Crippen LogP contribution in [0, 0.1) is 0 Å². The van der Waals surface area contributed by atoms with Crippen LogP contribution in [0.5, 0.6) is 0 Å². The van der Waals surface area contributed by atoms with Gasteiger partial charge in [-0.3, -0.25) is 4.98 Å². The van der Waals surface area contributed by atoms with E-state index in [-0.39, 0.29) is 0 Å². The predicted octanol–water partition coefficient (Wildman–Crippen LogP) is 1.25. The summed E-state index contributed by atoms with van der Waals surface area (Å²) in [7, 11) is 1.91. The fourth-order valence-corrected chi connectivity index (χ4v) is 1.42. The zero-order valence-corrected chi connectivity index (χ0v) is 10.2. The molecule has 0 unspecified atom stereocenters. The van der Waals surface area contributed by atoms with Gasteiger partial charge >= 0.3 is 0 Å². The van der Waals surface area contributed by atoms with E-state index in [1.807, 2.05) is 25.2 Å². The Morgan fingerprint density at radius 2 is 1.83 bits per heavy atom. The lowest BCUT2D eigenvalue weighted by atomic mass is 10.4. The quantitative estimate of drug-likeness (QED) is 0.664. The maximum absolute atomic E-state index is 4.16. The zero-order chi connectivity index (χ0) is 12.6. The summed E-state index contributed by atoms with van der Waals surface area (Å²) in [6, 6.07) is 5.64. The fourth-order valence-electron chi connectivity index (χ4n) is 1.42. The standard InChI is InChI=1S/C12H16N6/c1-13-6-7-15-11-8-12(17-9-16-11)18-10-2-4-14-5-3-10/h2-5,8-9,13H,6-7H2,1H3,(H2,14,15,16,17,18). The molecule has 2 aromatic heterocycles. The second-order valence-corrected chi connectivity index (χ2v) is 3.68. The molecule has 0 aromatic carbocycles. The second kappa shape index (κ2) is 6.51. The number of anilines is 3. The third kappa shape index (κ3) is 3.67. The third-order valence-corrected chi connectivity index (χ3v) is 2.30. The summed E-state index contributed by atoms with van der Waals surface area (Å²) in [5.74, 6) is 1.56. The van der Waals surface area contributed by atoms with Crippen molar-refractivity contribution in [3.63, 3.8) is 0 Å². The fraction of sp³-hybridized carbons (Fsp3) is 0.250. The highest BCUT2D eigenvalue weighted by molar-refractivity contribution is 5.57. The highest BCUT2D eigenvalue weighted by atomic mass is 15.1. The molecule has 0 aliphatic rings. The second-order valence-electron chi connectivity index (χ2n) is 3.68. The lowest BCUT2D eigenvalue weighted by Crippen LogP contribution is -2.18. The average molecular weight is 244 g/mol. The number of pyridine rings is 1. The topological polar surface area (TPSA) is 74.8 Å². The molecule has 6 heteroatoms. The molecule has 18 heavy (non-hydrogen) atoms. The van der Waals surface area contributed by atoms with Gasteiger partial charge in [-0.1, -0.05) is 0 Å². The van der Waals surface area contributed by atoms with E-state index in [9.17, 15) is 0 Å². The highest BCUT2D eigenvalue weighted by Crippen LogP contribution is 2.14. The van der Waals surface area contributed by atoms with Gasteiger partial charge in [-0.2, -0.15) is 0 Å². The third-order valence-electron chi connectivity index (χ3n) is 2.30. The van der Waals surface area contributed by atoms with Crippen LogP contribution in [0.1, 0.15) is 0 Å². The van der Waals surface area contributed by atoms with Crippen molar-refractivity contribution in [2.24, 2.45) is 0 Å². The minimum absolute atomic E-state index is 0.753. The molecule has 2 heterocycles. The Morgan fingerprint density at radius 3 is 2.61 bits per heavy atom. The van der Waals surface area contributed by atoms with Gasteiger partial charge in [0.15, 0.2) is 0 Å². The molecule has 0 radical (unpaired) electrons. The lowest BCUT2D eigenvalue weighted by molar-refractivity contribution is 0.821. The zero-order valence-electron chi connectivity index (χ0n) is 10.2. The largest absolute Gasteiger partial charge is 0.369 e. The summed E-state index contributed by atoms with van der Waals surface area (Å²) in [4.78, 5) is 12.3. The van der Waals surface area contributed by atoms with Gasteiger partial charge in [-0.15, -0.1) is 0 Å². The normalized spacial score (nSPS) is 10.1. The molecule has 3 N–H and O–H groups in total. The van der Waals surface area contributed by atoms with Gasteiger partial charge in [0.05, 0.1) is 0 Å². The molecule has 2 aromatic rings. The van der Waals surface area contributed by atoms with Crippen LogP contribution in [0.15, 0.2) is 36.9 Å². The van der Waals surface area contributed by atoms with E-state index in [0.717, 1.165) is 30.4 Å². The maximum atomic E-state index is 4.16. The summed E-state index contributed by atoms with van der Waals surface area (Å²) >= 11 is 0. The van der Waals surface area contributed by atoms with Crippen LogP contribution < -0.4 is 16.0 Å². The van der Waals surface area contributed by atoms with E-state index < -0.39 is 0 Å². The Labute approximate surface area is 106 Å². The Balaban J connectivity index is 1.99. The smallest absolute Gasteiger partial charge is 0.135 e. The van der Waals surface area contributed by atoms with Gasteiger partial charge in [-0.25, -0.2) is 9.97 Å². The number of likely N-dealkylation sites (N-methyl/N-ethyl adjacent to an activating group) is 1. The molecule has 0 saturated carbocycles. The molecular weight excluding hydrogens is 228 g/mol. The Hall–Kier alpha value is -2.21. The van der Waals surface area contributed by atoms with Crippen LogP contribution >= 0.6 is 0 Å². The number of hydrogen-bond acceptors (Lipinski definition) is 6. The lowest BCUT2D eigenvalue weighted by Gasteiger charge is -2.08. The monoisotopic (exact) mass is 244 g/mol. The van der Waals surface area contributed by atoms with Gasteiger partial charge in [0.2, 0.25) is 0 Å². The van der Waals surface area contributed by atoms with Gasteiger partial charge < -0.3 is 16.0 Å². The Morgan fingerprint density at radius 1 is 1.06 bits per heavy atom. The molecule has 0 amide bonds. The van der Waals surface area contributed by atoms with Crippen LogP contribution in [0.3, 0.4) is 0 Å². The van der Waals surface area contributed by atoms with E-state index in [4.69, 9.17) is 0 Å². The van der Waals surface area contributed by atoms with Crippen LogP contribution in [0.2, 0.25) is 0 Å². The highest BCUT2D eigenvalue weighted by Gasteiger charge is 1.98. The van der Waals surface area contributed by atoms with Crippen molar-refractivity contribution in [2.45, 2.75) is 0 Å². The molecule has 0 bridgehead atoms. The number of nitrogens with one attached hydrogen (secondary N) is 3. The van der Waals surface area contributed by atoms with Gasteiger partial charge in [-0.05, 0) is 19.2 Å². The first-order valence-corrected chi connectivity index (χ1v) is 5.76. The van der Waals surface area contributed by atoms with Crippen molar-refractivity contribution in [2.75, 3.05) is 30.8 Å². The summed E-state index contributed by atoms with van der Waals surface area (Å²) in [5.41, 5.74) is 0.949. The first-order valence-electron chi connectivity index (χ1n) is 5.76. The van der Waals surface area contributed by atoms with Crippen molar-refractivity contribution in [3.8, 4) is 0 Å². The average Bonchev–Trinajstić information content (AvgIpc) is 2.41. The minimum atomic E-state index is 0.753. The predicted molar refractivity (Wildman–Crippen MR) is 72.0 cm³/mol. The van der Waals surface area contributed by atoms with Crippen molar-refractivity contribution in [1.82, 2.24) is 20.3 Å². The first-order chi connectivity index (χ1) is 8.88. The van der Waals surface area contributed by atoms with Crippen molar-refractivity contribution < 1.29 is 0 Å². The molecule has 0 fully saturated rings. The maximum Gasteiger partial charge on any atom is 0.135 e. The van der Waals surface area contributed by atoms with Gasteiger partial charge in [0.1, 0.15) is 18.0 Å². The molecule has 94 valence electrons. The van der Waals surface area contributed by atoms with Crippen LogP contribution in [0.4, 0.5) is 17.3 Å². The van der Waals surface area contributed by atoms with Crippen LogP contribution in [-0.4, -0.2) is 35.1 Å². The minimum Gasteiger partial charge on any atom is -0.369 e. The Bertz CT molecular complexity index is 473. The van der Waals surface area contributed by atoms with Crippen LogP contribution in [0.25, 0.3) is 0 Å². The number of hydrogen-bond donors (Lipinski definition) is 3. The van der Waals surface area contributed by atoms with E-state index in [0.29, 0.717) is 0 Å². The number of rotatable bonds is 6. The summed E-state index contributed by atoms with van der Waals surface area (Å²) in [5, 5.41) is 9.46. The van der Waals surface area contributed by atoms with Crippen molar-refractivity contribution in [1.29, 1.82) is 0 Å².